The molecule has 0 bridgehead atoms. The summed E-state index contributed by atoms with van der Waals surface area (Å²) in [6.07, 6.45) is 0.833. The first kappa shape index (κ1) is 16.9. The number of carbonyl (C=O) groups excluding carboxylic acids is 1. The van der Waals surface area contributed by atoms with Crippen molar-refractivity contribution in [3.05, 3.63) is 34.4 Å². The van der Waals surface area contributed by atoms with E-state index in [0.717, 1.165) is 30.6 Å². The molecule has 0 saturated carbocycles. The van der Waals surface area contributed by atoms with Crippen LogP contribution in [-0.4, -0.2) is 29.3 Å². The van der Waals surface area contributed by atoms with Crippen molar-refractivity contribution in [2.75, 3.05) is 13.1 Å². The summed E-state index contributed by atoms with van der Waals surface area (Å²) in [7, 11) is 0. The van der Waals surface area contributed by atoms with Gasteiger partial charge in [-0.1, -0.05) is 26.8 Å². The van der Waals surface area contributed by atoms with Gasteiger partial charge in [-0.05, 0) is 70.0 Å². The molecule has 0 fully saturated rings. The van der Waals surface area contributed by atoms with Crippen LogP contribution in [0.15, 0.2) is 12.1 Å². The number of hydrogen-bond donors (Lipinski definition) is 0. The average molecular weight is 275 g/mol. The highest BCUT2D eigenvalue weighted by atomic mass is 16.1. The van der Waals surface area contributed by atoms with Crippen LogP contribution in [0.2, 0.25) is 0 Å². The zero-order valence-electron chi connectivity index (χ0n) is 14.1. The van der Waals surface area contributed by atoms with Gasteiger partial charge in [0.05, 0.1) is 5.54 Å². The van der Waals surface area contributed by atoms with E-state index in [4.69, 9.17) is 0 Å². The lowest BCUT2D eigenvalue weighted by Gasteiger charge is -2.38. The highest BCUT2D eigenvalue weighted by molar-refractivity contribution is 6.04. The first-order valence-electron chi connectivity index (χ1n) is 7.69. The van der Waals surface area contributed by atoms with Gasteiger partial charge in [-0.2, -0.15) is 0 Å². The first-order chi connectivity index (χ1) is 9.31. The van der Waals surface area contributed by atoms with Gasteiger partial charge in [0, 0.05) is 5.56 Å². The van der Waals surface area contributed by atoms with Gasteiger partial charge in [0.15, 0.2) is 5.78 Å². The predicted octanol–water partition coefficient (Wildman–Crippen LogP) is 4.31. The van der Waals surface area contributed by atoms with Crippen molar-refractivity contribution in [3.8, 4) is 0 Å². The maximum atomic E-state index is 13.1. The molecule has 0 aliphatic rings. The van der Waals surface area contributed by atoms with Crippen molar-refractivity contribution in [3.63, 3.8) is 0 Å². The summed E-state index contributed by atoms with van der Waals surface area (Å²) in [5, 5.41) is 0. The Hall–Kier alpha value is -1.15. The molecule has 20 heavy (non-hydrogen) atoms. The Morgan fingerprint density at radius 1 is 1.00 bits per heavy atom. The summed E-state index contributed by atoms with van der Waals surface area (Å²) in [5.41, 5.74) is 4.00. The Balaban J connectivity index is 3.31. The van der Waals surface area contributed by atoms with Crippen molar-refractivity contribution in [2.24, 2.45) is 0 Å². The molecular formula is C18H29NO. The topological polar surface area (TPSA) is 20.3 Å². The lowest BCUT2D eigenvalue weighted by atomic mass is 9.84. The van der Waals surface area contributed by atoms with Crippen molar-refractivity contribution in [1.29, 1.82) is 0 Å². The number of Topliss-reactive ketones (excluding diaryl/α,β-unsaturated/α-hetero) is 1. The Morgan fingerprint density at radius 3 is 1.95 bits per heavy atom. The van der Waals surface area contributed by atoms with E-state index < -0.39 is 5.54 Å². The van der Waals surface area contributed by atoms with Crippen LogP contribution in [0.5, 0.6) is 0 Å². The van der Waals surface area contributed by atoms with Crippen molar-refractivity contribution in [1.82, 2.24) is 4.90 Å². The number of hydrogen-bond acceptors (Lipinski definition) is 2. The standard InChI is InChI=1S/C18H29NO/c1-8-18(7,19(9-2)10-3)17(20)16-12-14(5)13(4)11-15(16)6/h11-12H,8-10H2,1-7H3. The van der Waals surface area contributed by atoms with Gasteiger partial charge in [0.2, 0.25) is 0 Å². The van der Waals surface area contributed by atoms with Gasteiger partial charge in [-0.3, -0.25) is 9.69 Å². The van der Waals surface area contributed by atoms with E-state index in [2.05, 4.69) is 58.6 Å². The van der Waals surface area contributed by atoms with E-state index in [1.807, 2.05) is 6.92 Å². The molecule has 0 radical (unpaired) electrons. The number of nitrogens with zero attached hydrogens (tertiary/aromatic N) is 1. The Morgan fingerprint density at radius 2 is 1.50 bits per heavy atom. The SMILES string of the molecule is CCN(CC)C(C)(CC)C(=O)c1cc(C)c(C)cc1C. The first-order valence-corrected chi connectivity index (χ1v) is 7.69. The molecular weight excluding hydrogens is 246 g/mol. The summed E-state index contributed by atoms with van der Waals surface area (Å²) in [6.45, 7) is 16.4. The third kappa shape index (κ3) is 2.95. The molecule has 0 saturated heterocycles. The molecule has 0 aromatic heterocycles. The quantitative estimate of drug-likeness (QED) is 0.721. The minimum Gasteiger partial charge on any atom is -0.292 e. The second-order valence-electron chi connectivity index (χ2n) is 5.88. The highest BCUT2D eigenvalue weighted by Crippen LogP contribution is 2.27. The van der Waals surface area contributed by atoms with Gasteiger partial charge < -0.3 is 0 Å². The van der Waals surface area contributed by atoms with Crippen molar-refractivity contribution in [2.45, 2.75) is 60.4 Å². The molecule has 2 heteroatoms. The molecule has 1 aromatic carbocycles. The van der Waals surface area contributed by atoms with Crippen LogP contribution in [0.3, 0.4) is 0 Å². The normalized spacial score (nSPS) is 14.4. The van der Waals surface area contributed by atoms with E-state index >= 15 is 0 Å². The van der Waals surface area contributed by atoms with E-state index in [0.29, 0.717) is 0 Å². The van der Waals surface area contributed by atoms with Crippen LogP contribution < -0.4 is 0 Å². The number of ketones is 1. The Bertz CT molecular complexity index is 488. The largest absolute Gasteiger partial charge is 0.292 e. The third-order valence-electron chi connectivity index (χ3n) is 4.72. The minimum atomic E-state index is -0.407. The van der Waals surface area contributed by atoms with Gasteiger partial charge >= 0.3 is 0 Å². The molecule has 0 aliphatic heterocycles. The number of likely N-dealkylation sites (N-methyl/N-ethyl adjacent to an activating group) is 1. The van der Waals surface area contributed by atoms with E-state index in [1.54, 1.807) is 0 Å². The highest BCUT2D eigenvalue weighted by Gasteiger charge is 2.37. The van der Waals surface area contributed by atoms with Gasteiger partial charge in [-0.25, -0.2) is 0 Å². The lowest BCUT2D eigenvalue weighted by Crippen LogP contribution is -2.52. The van der Waals surface area contributed by atoms with Crippen LogP contribution in [0.25, 0.3) is 0 Å². The minimum absolute atomic E-state index is 0.254. The summed E-state index contributed by atoms with van der Waals surface area (Å²) in [4.78, 5) is 15.4. The molecule has 0 heterocycles. The van der Waals surface area contributed by atoms with Gasteiger partial charge in [0.1, 0.15) is 0 Å². The van der Waals surface area contributed by atoms with Crippen molar-refractivity contribution >= 4 is 5.78 Å². The molecule has 1 unspecified atom stereocenters. The third-order valence-corrected chi connectivity index (χ3v) is 4.72. The fourth-order valence-electron chi connectivity index (χ4n) is 2.94. The van der Waals surface area contributed by atoms with E-state index in [-0.39, 0.29) is 5.78 Å². The summed E-state index contributed by atoms with van der Waals surface area (Å²) in [5.74, 6) is 0.254. The fraction of sp³-hybridized carbons (Fsp3) is 0.611. The fourth-order valence-corrected chi connectivity index (χ4v) is 2.94. The Labute approximate surface area is 124 Å². The van der Waals surface area contributed by atoms with E-state index in [1.165, 1.54) is 11.1 Å². The molecule has 0 N–H and O–H groups in total. The van der Waals surface area contributed by atoms with E-state index in [9.17, 15) is 4.79 Å². The molecule has 1 rings (SSSR count). The second-order valence-corrected chi connectivity index (χ2v) is 5.88. The smallest absolute Gasteiger partial charge is 0.183 e. The zero-order valence-corrected chi connectivity index (χ0v) is 14.1. The predicted molar refractivity (Wildman–Crippen MR) is 86.6 cm³/mol. The van der Waals surface area contributed by atoms with Crippen LogP contribution in [0.4, 0.5) is 0 Å². The number of carbonyl (C=O) groups is 1. The Kier molecular flexibility index (Phi) is 5.52. The number of benzene rings is 1. The molecule has 2 nitrogen and oxygen atoms in total. The molecule has 1 atom stereocenters. The van der Waals surface area contributed by atoms with Crippen LogP contribution in [0.1, 0.15) is 61.2 Å². The molecule has 1 aromatic rings. The average Bonchev–Trinajstić information content (AvgIpc) is 2.43. The lowest BCUT2D eigenvalue weighted by molar-refractivity contribution is 0.0607. The molecule has 0 spiro atoms. The summed E-state index contributed by atoms with van der Waals surface area (Å²) in [6, 6.07) is 4.19. The number of aryl methyl sites for hydroxylation is 3. The summed E-state index contributed by atoms with van der Waals surface area (Å²) < 4.78 is 0. The van der Waals surface area contributed by atoms with Crippen LogP contribution in [0, 0.1) is 20.8 Å². The second kappa shape index (κ2) is 6.53. The maximum Gasteiger partial charge on any atom is 0.183 e. The summed E-state index contributed by atoms with van der Waals surface area (Å²) >= 11 is 0. The zero-order chi connectivity index (χ0) is 15.5. The molecule has 112 valence electrons. The number of rotatable bonds is 6. The van der Waals surface area contributed by atoms with Gasteiger partial charge in [-0.15, -0.1) is 0 Å². The van der Waals surface area contributed by atoms with Gasteiger partial charge in [0.25, 0.3) is 0 Å². The maximum absolute atomic E-state index is 13.1. The molecule has 0 amide bonds. The van der Waals surface area contributed by atoms with Crippen LogP contribution >= 0.6 is 0 Å². The van der Waals surface area contributed by atoms with Crippen molar-refractivity contribution < 1.29 is 4.79 Å². The molecule has 0 aliphatic carbocycles. The monoisotopic (exact) mass is 275 g/mol. The van der Waals surface area contributed by atoms with Crippen LogP contribution in [-0.2, 0) is 0 Å².